The van der Waals surface area contributed by atoms with Crippen LogP contribution in [0, 0.1) is 0 Å². The Kier molecular flexibility index (Phi) is 7.88. The summed E-state index contributed by atoms with van der Waals surface area (Å²) < 4.78 is 5.89. The molecule has 13 heteroatoms. The highest BCUT2D eigenvalue weighted by Crippen LogP contribution is 2.37. The Labute approximate surface area is 274 Å². The molecule has 2 aromatic carbocycles. The van der Waals surface area contributed by atoms with E-state index in [9.17, 15) is 24.0 Å². The van der Waals surface area contributed by atoms with Crippen molar-refractivity contribution in [3.05, 3.63) is 76.6 Å². The first-order valence-corrected chi connectivity index (χ1v) is 15.8. The summed E-state index contributed by atoms with van der Waals surface area (Å²) in [5, 5.41) is 3.78. The van der Waals surface area contributed by atoms with Crippen LogP contribution < -0.4 is 15.0 Å². The number of nitrogens with one attached hydrogen (secondary N) is 2. The maximum atomic E-state index is 13.3. The van der Waals surface area contributed by atoms with Gasteiger partial charge < -0.3 is 24.4 Å². The van der Waals surface area contributed by atoms with Gasteiger partial charge in [-0.25, -0.2) is 4.98 Å². The van der Waals surface area contributed by atoms with E-state index >= 15 is 0 Å². The number of imide groups is 1. The SMILES string of the molecule is CCc1c[nH]c2ncc(-c3cccc(N4CCN(C(=O)COc5cccc6c5CN(C5CCC(=O)NC5=O)C6=O)CC4=O)c3)c(Cl)c12. The number of ether oxygens (including phenoxy) is 1. The van der Waals surface area contributed by atoms with E-state index in [1.54, 1.807) is 29.3 Å². The molecule has 1 unspecified atom stereocenters. The second kappa shape index (κ2) is 12.2. The number of rotatable bonds is 7. The molecule has 12 nitrogen and oxygen atoms in total. The predicted octanol–water partition coefficient (Wildman–Crippen LogP) is 3.46. The van der Waals surface area contributed by atoms with Crippen molar-refractivity contribution in [2.45, 2.75) is 38.8 Å². The largest absolute Gasteiger partial charge is 0.483 e. The zero-order valence-corrected chi connectivity index (χ0v) is 26.3. The zero-order chi connectivity index (χ0) is 32.8. The van der Waals surface area contributed by atoms with Gasteiger partial charge in [0, 0.05) is 59.7 Å². The van der Waals surface area contributed by atoms with E-state index in [1.807, 2.05) is 30.5 Å². The van der Waals surface area contributed by atoms with Crippen LogP contribution in [0.15, 0.2) is 54.9 Å². The van der Waals surface area contributed by atoms with Crippen LogP contribution in [0.5, 0.6) is 5.75 Å². The Morgan fingerprint density at radius 2 is 1.89 bits per heavy atom. The predicted molar refractivity (Wildman–Crippen MR) is 173 cm³/mol. The Balaban J connectivity index is 1.00. The van der Waals surface area contributed by atoms with Gasteiger partial charge in [0.25, 0.3) is 11.8 Å². The molecule has 0 spiro atoms. The second-order valence-corrected chi connectivity index (χ2v) is 12.1. The Hall–Kier alpha value is -5.23. The lowest BCUT2D eigenvalue weighted by molar-refractivity contribution is -0.138. The molecule has 2 aromatic heterocycles. The maximum Gasteiger partial charge on any atom is 0.261 e. The van der Waals surface area contributed by atoms with Crippen LogP contribution in [0.4, 0.5) is 5.69 Å². The van der Waals surface area contributed by atoms with Crippen molar-refractivity contribution in [2.24, 2.45) is 0 Å². The van der Waals surface area contributed by atoms with Gasteiger partial charge in [0.2, 0.25) is 17.7 Å². The molecular formula is C34H31ClN6O6. The third kappa shape index (κ3) is 5.48. The lowest BCUT2D eigenvalue weighted by Crippen LogP contribution is -2.53. The highest BCUT2D eigenvalue weighted by molar-refractivity contribution is 6.38. The molecule has 7 rings (SSSR count). The summed E-state index contributed by atoms with van der Waals surface area (Å²) in [4.78, 5) is 75.8. The van der Waals surface area contributed by atoms with Crippen molar-refractivity contribution in [2.75, 3.05) is 31.1 Å². The number of anilines is 1. The molecule has 2 N–H and O–H groups in total. The van der Waals surface area contributed by atoms with Crippen molar-refractivity contribution in [3.63, 3.8) is 0 Å². The molecule has 47 heavy (non-hydrogen) atoms. The molecule has 1 atom stereocenters. The number of pyridine rings is 1. The van der Waals surface area contributed by atoms with Crippen LogP contribution in [0.25, 0.3) is 22.2 Å². The van der Waals surface area contributed by atoms with Gasteiger partial charge >= 0.3 is 0 Å². The summed E-state index contributed by atoms with van der Waals surface area (Å²) in [6.45, 7) is 2.36. The molecule has 0 saturated carbocycles. The molecule has 3 aliphatic rings. The summed E-state index contributed by atoms with van der Waals surface area (Å²) in [5.74, 6) is -1.42. The quantitative estimate of drug-likeness (QED) is 0.290. The molecule has 0 aliphatic carbocycles. The number of H-pyrrole nitrogens is 1. The summed E-state index contributed by atoms with van der Waals surface area (Å²) >= 11 is 6.84. The minimum atomic E-state index is -0.754. The first-order chi connectivity index (χ1) is 22.7. The summed E-state index contributed by atoms with van der Waals surface area (Å²) in [5.41, 5.74) is 5.06. The molecule has 5 heterocycles. The highest BCUT2D eigenvalue weighted by Gasteiger charge is 2.40. The number of nitrogens with zero attached hydrogens (tertiary/aromatic N) is 4. The van der Waals surface area contributed by atoms with Gasteiger partial charge in [-0.3, -0.25) is 29.3 Å². The number of aromatic amines is 1. The first-order valence-electron chi connectivity index (χ1n) is 15.5. The molecule has 5 amide bonds. The normalized spacial score (nSPS) is 18.2. The smallest absolute Gasteiger partial charge is 0.261 e. The summed E-state index contributed by atoms with van der Waals surface area (Å²) in [7, 11) is 0. The number of amides is 5. The molecule has 2 fully saturated rings. The summed E-state index contributed by atoms with van der Waals surface area (Å²) in [6.07, 6.45) is 4.85. The van der Waals surface area contributed by atoms with Crippen LogP contribution >= 0.6 is 11.6 Å². The number of benzene rings is 2. The van der Waals surface area contributed by atoms with Gasteiger partial charge in [-0.05, 0) is 48.2 Å². The number of carbonyl (C=O) groups is 5. The average Bonchev–Trinajstić information content (AvgIpc) is 3.65. The minimum Gasteiger partial charge on any atom is -0.483 e. The van der Waals surface area contributed by atoms with Crippen molar-refractivity contribution in [1.29, 1.82) is 0 Å². The van der Waals surface area contributed by atoms with E-state index in [0.29, 0.717) is 40.7 Å². The highest BCUT2D eigenvalue weighted by atomic mass is 35.5. The Morgan fingerprint density at radius 1 is 1.06 bits per heavy atom. The molecule has 3 aliphatic heterocycles. The van der Waals surface area contributed by atoms with Gasteiger partial charge in [0.1, 0.15) is 24.0 Å². The number of hydrogen-bond acceptors (Lipinski definition) is 7. The van der Waals surface area contributed by atoms with Crippen LogP contribution in [-0.4, -0.2) is 81.6 Å². The van der Waals surface area contributed by atoms with Gasteiger partial charge in [-0.15, -0.1) is 0 Å². The van der Waals surface area contributed by atoms with Gasteiger partial charge in [-0.2, -0.15) is 0 Å². The van der Waals surface area contributed by atoms with Crippen LogP contribution in [0.3, 0.4) is 0 Å². The lowest BCUT2D eigenvalue weighted by Gasteiger charge is -2.34. The van der Waals surface area contributed by atoms with E-state index < -0.39 is 11.9 Å². The van der Waals surface area contributed by atoms with E-state index in [-0.39, 0.29) is 56.2 Å². The Morgan fingerprint density at radius 3 is 2.68 bits per heavy atom. The number of piperazine rings is 1. The lowest BCUT2D eigenvalue weighted by atomic mass is 10.0. The van der Waals surface area contributed by atoms with E-state index in [4.69, 9.17) is 16.3 Å². The van der Waals surface area contributed by atoms with E-state index in [1.165, 1.54) is 9.80 Å². The van der Waals surface area contributed by atoms with Crippen LogP contribution in [0.2, 0.25) is 5.02 Å². The average molecular weight is 655 g/mol. The zero-order valence-electron chi connectivity index (χ0n) is 25.5. The van der Waals surface area contributed by atoms with Crippen molar-refractivity contribution < 1.29 is 28.7 Å². The van der Waals surface area contributed by atoms with E-state index in [2.05, 4.69) is 22.2 Å². The van der Waals surface area contributed by atoms with Gasteiger partial charge in [-0.1, -0.05) is 36.7 Å². The number of carbonyl (C=O) groups excluding carboxylic acids is 5. The molecule has 240 valence electrons. The molecule has 0 radical (unpaired) electrons. The fourth-order valence-corrected chi connectivity index (χ4v) is 6.89. The number of aryl methyl sites for hydroxylation is 1. The van der Waals surface area contributed by atoms with Crippen molar-refractivity contribution >= 4 is 57.9 Å². The molecule has 2 saturated heterocycles. The standard InChI is InChI=1S/C34H31ClN6O6/c1-2-19-14-36-32-30(19)31(35)23(15-37-32)20-5-3-6-21(13-20)40-12-11-39(17-28(40)43)29(44)18-47-26-8-4-7-22-24(26)16-41(34(22)46)25-9-10-27(42)38-33(25)45/h3-8,13-15,25H,2,9-12,16-18H2,1H3,(H,36,37)(H,38,42,45). The first kappa shape index (κ1) is 30.4. The fourth-order valence-electron chi connectivity index (χ4n) is 6.52. The molecule has 4 aromatic rings. The molecular weight excluding hydrogens is 624 g/mol. The van der Waals surface area contributed by atoms with Crippen LogP contribution in [-0.2, 0) is 32.1 Å². The van der Waals surface area contributed by atoms with Crippen molar-refractivity contribution in [3.8, 4) is 16.9 Å². The van der Waals surface area contributed by atoms with Crippen molar-refractivity contribution in [1.82, 2.24) is 25.1 Å². The monoisotopic (exact) mass is 654 g/mol. The maximum absolute atomic E-state index is 13.3. The summed E-state index contributed by atoms with van der Waals surface area (Å²) in [6, 6.07) is 11.8. The topological polar surface area (TPSA) is 145 Å². The Bertz CT molecular complexity index is 1970. The number of piperidine rings is 1. The third-order valence-corrected chi connectivity index (χ3v) is 9.43. The number of halogens is 1. The number of fused-ring (bicyclic) bond motifs is 2. The molecule has 0 bridgehead atoms. The third-order valence-electron chi connectivity index (χ3n) is 9.03. The van der Waals surface area contributed by atoms with E-state index in [0.717, 1.165) is 34.1 Å². The second-order valence-electron chi connectivity index (χ2n) is 11.8. The fraction of sp³-hybridized carbons (Fsp3) is 0.294. The minimum absolute atomic E-state index is 0.113. The van der Waals surface area contributed by atoms with Gasteiger partial charge in [0.15, 0.2) is 6.61 Å². The van der Waals surface area contributed by atoms with Gasteiger partial charge in [0.05, 0.1) is 11.6 Å². The number of hydrogen-bond donors (Lipinski definition) is 2. The van der Waals surface area contributed by atoms with Crippen LogP contribution in [0.1, 0.15) is 41.3 Å². The number of aromatic nitrogens is 2.